The van der Waals surface area contributed by atoms with Crippen LogP contribution < -0.4 is 26.2 Å². The lowest BCUT2D eigenvalue weighted by atomic mass is 9.32. The predicted molar refractivity (Wildman–Crippen MR) is 250 cm³/mol. The molecule has 294 valence electrons. The van der Waals surface area contributed by atoms with Crippen molar-refractivity contribution in [3.8, 4) is 11.1 Å². The number of benzene rings is 6. The first-order valence-corrected chi connectivity index (χ1v) is 22.7. The zero-order valence-electron chi connectivity index (χ0n) is 36.1. The van der Waals surface area contributed by atoms with Gasteiger partial charge in [0, 0.05) is 33.9 Å². The molecule has 3 aliphatic carbocycles. The highest BCUT2D eigenvalue weighted by Gasteiger charge is 2.62. The van der Waals surface area contributed by atoms with E-state index in [9.17, 15) is 0 Å². The Kier molecular flexibility index (Phi) is 7.47. The van der Waals surface area contributed by atoms with Gasteiger partial charge in [-0.2, -0.15) is 0 Å². The second-order valence-corrected chi connectivity index (χ2v) is 21.4. The van der Waals surface area contributed by atoms with E-state index in [0.717, 1.165) is 11.8 Å². The lowest BCUT2D eigenvalue weighted by Crippen LogP contribution is -2.64. The number of aryl methyl sites for hydroxylation is 1. The van der Waals surface area contributed by atoms with E-state index in [1.54, 1.807) is 11.1 Å². The summed E-state index contributed by atoms with van der Waals surface area (Å²) in [4.78, 5) is 5.39. The number of hydrogen-bond acceptors (Lipinski definition) is 2. The minimum absolute atomic E-state index is 0.0167. The van der Waals surface area contributed by atoms with Crippen LogP contribution in [0.25, 0.3) is 11.1 Å². The molecule has 0 aromatic heterocycles. The van der Waals surface area contributed by atoms with Crippen molar-refractivity contribution in [3.05, 3.63) is 149 Å². The lowest BCUT2D eigenvalue weighted by Gasteiger charge is -2.64. The van der Waals surface area contributed by atoms with E-state index in [0.29, 0.717) is 11.8 Å². The van der Waals surface area contributed by atoms with Crippen LogP contribution in [-0.2, 0) is 16.2 Å². The molecule has 5 atom stereocenters. The third kappa shape index (κ3) is 4.94. The fourth-order valence-electron chi connectivity index (χ4n) is 13.6. The molecule has 12 rings (SSSR count). The third-order valence-electron chi connectivity index (χ3n) is 16.1. The molecule has 3 heterocycles. The van der Waals surface area contributed by atoms with Gasteiger partial charge in [0.05, 0.1) is 5.69 Å². The maximum atomic E-state index is 2.77. The second kappa shape index (κ2) is 12.3. The molecule has 3 heteroatoms. The summed E-state index contributed by atoms with van der Waals surface area (Å²) in [7, 11) is 0. The molecule has 0 N–H and O–H groups in total. The van der Waals surface area contributed by atoms with Crippen molar-refractivity contribution in [2.45, 2.75) is 103 Å². The molecule has 2 nitrogen and oxygen atoms in total. The van der Waals surface area contributed by atoms with Gasteiger partial charge in [0.25, 0.3) is 6.71 Å². The van der Waals surface area contributed by atoms with Crippen LogP contribution in [0.15, 0.2) is 121 Å². The topological polar surface area (TPSA) is 6.48 Å². The molecular weight excluding hydrogens is 711 g/mol. The molecular formula is C56H57BN2. The fraction of sp³-hybridized carbons (Fsp3) is 0.357. The molecule has 0 amide bonds. The smallest absolute Gasteiger partial charge is 0.252 e. The van der Waals surface area contributed by atoms with Crippen LogP contribution in [0.2, 0.25) is 0 Å². The molecule has 3 saturated carbocycles. The largest absolute Gasteiger partial charge is 0.311 e. The summed E-state index contributed by atoms with van der Waals surface area (Å²) in [6.07, 6.45) is 8.39. The molecule has 0 saturated heterocycles. The molecule has 3 fully saturated rings. The monoisotopic (exact) mass is 768 g/mol. The zero-order valence-corrected chi connectivity index (χ0v) is 36.1. The summed E-state index contributed by atoms with van der Waals surface area (Å²) in [5, 5.41) is 0. The number of anilines is 6. The summed E-state index contributed by atoms with van der Waals surface area (Å²) < 4.78 is 0. The van der Waals surface area contributed by atoms with Crippen molar-refractivity contribution in [3.63, 3.8) is 0 Å². The molecule has 6 aromatic carbocycles. The van der Waals surface area contributed by atoms with Gasteiger partial charge >= 0.3 is 0 Å². The van der Waals surface area contributed by atoms with Crippen molar-refractivity contribution >= 4 is 57.2 Å². The maximum Gasteiger partial charge on any atom is 0.252 e. The highest BCUT2D eigenvalue weighted by atomic mass is 15.2. The predicted octanol–water partition coefficient (Wildman–Crippen LogP) is 12.8. The molecule has 3 aliphatic heterocycles. The Labute approximate surface area is 352 Å². The van der Waals surface area contributed by atoms with Gasteiger partial charge in [0.2, 0.25) is 0 Å². The first-order valence-electron chi connectivity index (χ1n) is 22.7. The van der Waals surface area contributed by atoms with Gasteiger partial charge in [-0.15, -0.1) is 0 Å². The van der Waals surface area contributed by atoms with Gasteiger partial charge < -0.3 is 9.80 Å². The number of fused-ring (bicyclic) bond motifs is 7. The Morgan fingerprint density at radius 3 is 2.10 bits per heavy atom. The fourth-order valence-corrected chi connectivity index (χ4v) is 13.6. The standard InChI is InChI=1S/C56H57BN2/c1-34-13-10-14-37(27-34)38-30-50-52-51(31-38)59-48-20-9-8-17-43(48)56(41-24-23-36-22-21-35(28-41)29-45(36)56)44-18-12-19-46(53(44)59)57(52)47-33-40(55(5,6)7)25-26-49(47)58(50)42-16-11-15-39(32-42)54(2,3)4/h8-20,25-27,30-33,35-36,41,45H,21-24,28-29H2,1-7H3. The van der Waals surface area contributed by atoms with Crippen LogP contribution >= 0.6 is 0 Å². The average Bonchev–Trinajstić information content (AvgIpc) is 3.21. The van der Waals surface area contributed by atoms with Gasteiger partial charge in [0.15, 0.2) is 0 Å². The van der Waals surface area contributed by atoms with Gasteiger partial charge in [-0.3, -0.25) is 0 Å². The third-order valence-corrected chi connectivity index (χ3v) is 16.1. The minimum Gasteiger partial charge on any atom is -0.311 e. The summed E-state index contributed by atoms with van der Waals surface area (Å²) in [5.74, 6) is 3.09. The van der Waals surface area contributed by atoms with Gasteiger partial charge in [-0.05, 0) is 160 Å². The zero-order chi connectivity index (χ0) is 40.2. The van der Waals surface area contributed by atoms with E-state index < -0.39 is 0 Å². The number of nitrogens with zero attached hydrogens (tertiary/aromatic N) is 2. The van der Waals surface area contributed by atoms with Crippen molar-refractivity contribution in [1.82, 2.24) is 0 Å². The molecule has 5 unspecified atom stereocenters. The quantitative estimate of drug-likeness (QED) is 0.162. The molecule has 1 spiro atoms. The first kappa shape index (κ1) is 35.9. The first-order chi connectivity index (χ1) is 28.4. The van der Waals surface area contributed by atoms with E-state index in [-0.39, 0.29) is 23.0 Å². The van der Waals surface area contributed by atoms with Crippen LogP contribution in [0.4, 0.5) is 34.1 Å². The number of hydrogen-bond donors (Lipinski definition) is 0. The van der Waals surface area contributed by atoms with Crippen molar-refractivity contribution in [2.75, 3.05) is 9.80 Å². The number of rotatable bonds is 2. The normalized spacial score (nSPS) is 24.4. The Hall–Kier alpha value is -5.02. The van der Waals surface area contributed by atoms with Crippen LogP contribution in [0, 0.1) is 30.6 Å². The van der Waals surface area contributed by atoms with Gasteiger partial charge in [-0.1, -0.05) is 138 Å². The molecule has 6 aromatic rings. The number of para-hydroxylation sites is 2. The summed E-state index contributed by atoms with van der Waals surface area (Å²) >= 11 is 0. The molecule has 3 bridgehead atoms. The lowest BCUT2D eigenvalue weighted by molar-refractivity contribution is -0.0341. The van der Waals surface area contributed by atoms with E-state index in [4.69, 9.17) is 0 Å². The SMILES string of the molecule is Cc1cccc(-c2cc3c4c(c2)N2c5ccccc5C5(c6cccc(c62)B4c2cc(C(C)(C)C)ccc2N3c2cccc(C(C)(C)C)c2)C2CCC3CCC(C2)CC35)c1. The second-order valence-electron chi connectivity index (χ2n) is 21.4. The Morgan fingerprint density at radius 2 is 1.29 bits per heavy atom. The van der Waals surface area contributed by atoms with E-state index in [2.05, 4.69) is 180 Å². The van der Waals surface area contributed by atoms with Gasteiger partial charge in [0.1, 0.15) is 0 Å². The minimum atomic E-state index is 0.0167. The van der Waals surface area contributed by atoms with E-state index in [1.165, 1.54) is 117 Å². The summed E-state index contributed by atoms with van der Waals surface area (Å²) in [6.45, 7) is 16.5. The molecule has 59 heavy (non-hydrogen) atoms. The summed E-state index contributed by atoms with van der Waals surface area (Å²) in [5.41, 5.74) is 22.3. The van der Waals surface area contributed by atoms with Crippen LogP contribution in [-0.4, -0.2) is 6.71 Å². The van der Waals surface area contributed by atoms with E-state index >= 15 is 0 Å². The highest BCUT2D eigenvalue weighted by Crippen LogP contribution is 2.69. The highest BCUT2D eigenvalue weighted by molar-refractivity contribution is 7.00. The van der Waals surface area contributed by atoms with Crippen molar-refractivity contribution < 1.29 is 0 Å². The van der Waals surface area contributed by atoms with Crippen LogP contribution in [0.3, 0.4) is 0 Å². The van der Waals surface area contributed by atoms with Crippen molar-refractivity contribution in [2.24, 2.45) is 23.7 Å². The van der Waals surface area contributed by atoms with Gasteiger partial charge in [-0.25, -0.2) is 0 Å². The summed E-state index contributed by atoms with van der Waals surface area (Å²) in [6, 6.07) is 48.4. The molecule has 6 aliphatic rings. The Morgan fingerprint density at radius 1 is 0.559 bits per heavy atom. The Bertz CT molecular complexity index is 2720. The molecule has 0 radical (unpaired) electrons. The Balaban J connectivity index is 1.21. The average molecular weight is 769 g/mol. The maximum absolute atomic E-state index is 2.77. The van der Waals surface area contributed by atoms with Crippen molar-refractivity contribution in [1.29, 1.82) is 0 Å². The van der Waals surface area contributed by atoms with Crippen LogP contribution in [0.1, 0.15) is 108 Å². The van der Waals surface area contributed by atoms with E-state index in [1.807, 2.05) is 0 Å². The van der Waals surface area contributed by atoms with Crippen LogP contribution in [0.5, 0.6) is 0 Å².